The molecule has 0 aliphatic carbocycles. The summed E-state index contributed by atoms with van der Waals surface area (Å²) >= 11 is 0. The maximum atomic E-state index is 12.3. The summed E-state index contributed by atoms with van der Waals surface area (Å²) in [6.45, 7) is 0.597. The summed E-state index contributed by atoms with van der Waals surface area (Å²) in [6.07, 6.45) is 2.77. The number of fused-ring (bicyclic) bond motifs is 1. The lowest BCUT2D eigenvalue weighted by Crippen LogP contribution is -2.33. The topological polar surface area (TPSA) is 71.6 Å². The van der Waals surface area contributed by atoms with E-state index in [0.29, 0.717) is 12.3 Å². The summed E-state index contributed by atoms with van der Waals surface area (Å²) in [4.78, 5) is 28.7. The number of H-pyrrole nitrogens is 1. The number of hydrogen-bond acceptors (Lipinski definition) is 4. The summed E-state index contributed by atoms with van der Waals surface area (Å²) < 4.78 is 10.4. The summed E-state index contributed by atoms with van der Waals surface area (Å²) in [5.41, 5.74) is 2.93. The molecule has 0 radical (unpaired) electrons. The van der Waals surface area contributed by atoms with Crippen molar-refractivity contribution >= 4 is 22.8 Å². The van der Waals surface area contributed by atoms with E-state index >= 15 is 0 Å². The second-order valence-electron chi connectivity index (χ2n) is 6.61. The van der Waals surface area contributed by atoms with Gasteiger partial charge in [-0.25, -0.2) is 0 Å². The number of nitrogens with one attached hydrogen (secondary N) is 1. The number of rotatable bonds is 8. The molecule has 1 N–H and O–H groups in total. The highest BCUT2D eigenvalue weighted by Crippen LogP contribution is 2.24. The van der Waals surface area contributed by atoms with Crippen molar-refractivity contribution in [1.29, 1.82) is 0 Å². The fourth-order valence-electron chi connectivity index (χ4n) is 2.94. The lowest BCUT2D eigenvalue weighted by Gasteiger charge is -2.17. The van der Waals surface area contributed by atoms with Gasteiger partial charge in [0.1, 0.15) is 5.75 Å². The summed E-state index contributed by atoms with van der Waals surface area (Å²) in [6, 6.07) is 15.6. The van der Waals surface area contributed by atoms with Crippen LogP contribution in [-0.2, 0) is 27.2 Å². The van der Waals surface area contributed by atoms with Crippen molar-refractivity contribution in [2.24, 2.45) is 0 Å². The number of ether oxygens (including phenoxy) is 2. The Labute approximate surface area is 164 Å². The standard InChI is InChI=1S/C22H24N2O4/c1-24(11-10-16-6-4-3-5-7-16)21(25)15-28-18-8-9-20-19(13-18)17(14-23-20)12-22(26)27-2/h3-9,13-14,23H,10-12,15H2,1-2H3. The van der Waals surface area contributed by atoms with Crippen LogP contribution in [0.3, 0.4) is 0 Å². The van der Waals surface area contributed by atoms with Gasteiger partial charge in [0.15, 0.2) is 6.61 Å². The predicted octanol–water partition coefficient (Wildman–Crippen LogP) is 2.96. The molecule has 0 atom stereocenters. The molecule has 0 saturated heterocycles. The van der Waals surface area contributed by atoms with Crippen LogP contribution in [-0.4, -0.2) is 49.1 Å². The summed E-state index contributed by atoms with van der Waals surface area (Å²) in [5.74, 6) is 0.199. The predicted molar refractivity (Wildman–Crippen MR) is 107 cm³/mol. The van der Waals surface area contributed by atoms with Gasteiger partial charge in [-0.15, -0.1) is 0 Å². The van der Waals surface area contributed by atoms with Gasteiger partial charge in [0, 0.05) is 30.7 Å². The first-order valence-corrected chi connectivity index (χ1v) is 9.14. The lowest BCUT2D eigenvalue weighted by atomic mass is 10.1. The molecule has 0 saturated carbocycles. The van der Waals surface area contributed by atoms with Crippen LogP contribution in [0.25, 0.3) is 10.9 Å². The number of benzene rings is 2. The Morgan fingerprint density at radius 1 is 1.11 bits per heavy atom. The Morgan fingerprint density at radius 3 is 2.64 bits per heavy atom. The quantitative estimate of drug-likeness (QED) is 0.610. The number of aromatic amines is 1. The summed E-state index contributed by atoms with van der Waals surface area (Å²) in [5, 5.41) is 0.882. The fraction of sp³-hybridized carbons (Fsp3) is 0.273. The van der Waals surface area contributed by atoms with Crippen LogP contribution >= 0.6 is 0 Å². The Hall–Kier alpha value is -3.28. The number of esters is 1. The van der Waals surface area contributed by atoms with E-state index in [1.165, 1.54) is 12.7 Å². The van der Waals surface area contributed by atoms with Crippen LogP contribution in [0.15, 0.2) is 54.7 Å². The van der Waals surface area contributed by atoms with Crippen molar-refractivity contribution in [3.05, 3.63) is 65.9 Å². The number of methoxy groups -OCH3 is 1. The van der Waals surface area contributed by atoms with Gasteiger partial charge in [0.25, 0.3) is 5.91 Å². The molecule has 1 aromatic heterocycles. The molecular weight excluding hydrogens is 356 g/mol. The first kappa shape index (κ1) is 19.5. The molecule has 1 amide bonds. The SMILES string of the molecule is COC(=O)Cc1c[nH]c2ccc(OCC(=O)N(C)CCc3ccccc3)cc12. The van der Waals surface area contributed by atoms with Crippen molar-refractivity contribution in [3.8, 4) is 5.75 Å². The van der Waals surface area contributed by atoms with Gasteiger partial charge >= 0.3 is 5.97 Å². The Kier molecular flexibility index (Phi) is 6.32. The smallest absolute Gasteiger partial charge is 0.310 e. The van der Waals surface area contributed by atoms with Gasteiger partial charge in [-0.3, -0.25) is 9.59 Å². The molecule has 0 aliphatic rings. The third-order valence-corrected chi connectivity index (χ3v) is 4.67. The van der Waals surface area contributed by atoms with Crippen LogP contribution < -0.4 is 4.74 Å². The van der Waals surface area contributed by atoms with E-state index in [0.717, 1.165) is 22.9 Å². The molecule has 146 valence electrons. The van der Waals surface area contributed by atoms with Crippen molar-refractivity contribution in [2.45, 2.75) is 12.8 Å². The minimum atomic E-state index is -0.303. The highest BCUT2D eigenvalue weighted by molar-refractivity contribution is 5.88. The summed E-state index contributed by atoms with van der Waals surface area (Å²) in [7, 11) is 3.14. The molecular formula is C22H24N2O4. The number of carbonyl (C=O) groups is 2. The molecule has 28 heavy (non-hydrogen) atoms. The Balaban J connectivity index is 1.57. The molecule has 0 aliphatic heterocycles. The zero-order valence-corrected chi connectivity index (χ0v) is 16.1. The third-order valence-electron chi connectivity index (χ3n) is 4.67. The van der Waals surface area contributed by atoms with Gasteiger partial charge in [-0.2, -0.15) is 0 Å². The highest BCUT2D eigenvalue weighted by atomic mass is 16.5. The lowest BCUT2D eigenvalue weighted by molar-refractivity contribution is -0.139. The molecule has 0 fully saturated rings. The normalized spacial score (nSPS) is 10.6. The number of nitrogens with zero attached hydrogens (tertiary/aromatic N) is 1. The third kappa shape index (κ3) is 4.91. The average molecular weight is 380 g/mol. The molecule has 2 aromatic carbocycles. The Morgan fingerprint density at radius 2 is 1.89 bits per heavy atom. The number of amides is 1. The average Bonchev–Trinajstić information content (AvgIpc) is 3.12. The van der Waals surface area contributed by atoms with Gasteiger partial charge < -0.3 is 19.4 Å². The second-order valence-corrected chi connectivity index (χ2v) is 6.61. The van der Waals surface area contributed by atoms with Gasteiger partial charge in [-0.05, 0) is 35.7 Å². The molecule has 0 bridgehead atoms. The van der Waals surface area contributed by atoms with Crippen LogP contribution in [0.5, 0.6) is 5.75 Å². The number of hydrogen-bond donors (Lipinski definition) is 1. The van der Waals surface area contributed by atoms with E-state index in [9.17, 15) is 9.59 Å². The van der Waals surface area contributed by atoms with Crippen LogP contribution in [0.1, 0.15) is 11.1 Å². The van der Waals surface area contributed by atoms with Crippen molar-refractivity contribution in [3.63, 3.8) is 0 Å². The van der Waals surface area contributed by atoms with E-state index in [1.54, 1.807) is 24.2 Å². The zero-order chi connectivity index (χ0) is 19.9. The molecule has 0 unspecified atom stereocenters. The minimum absolute atomic E-state index is 0.0342. The van der Waals surface area contributed by atoms with E-state index in [4.69, 9.17) is 9.47 Å². The van der Waals surface area contributed by atoms with Crippen molar-refractivity contribution in [2.75, 3.05) is 27.3 Å². The minimum Gasteiger partial charge on any atom is -0.484 e. The van der Waals surface area contributed by atoms with E-state index in [1.807, 2.05) is 42.5 Å². The number of carbonyl (C=O) groups excluding carboxylic acids is 2. The van der Waals surface area contributed by atoms with Crippen LogP contribution in [0.2, 0.25) is 0 Å². The number of likely N-dealkylation sites (N-methyl/N-ethyl adjacent to an activating group) is 1. The van der Waals surface area contributed by atoms with Gasteiger partial charge in [-0.1, -0.05) is 30.3 Å². The van der Waals surface area contributed by atoms with Gasteiger partial charge in [0.05, 0.1) is 13.5 Å². The second kappa shape index (κ2) is 9.08. The van der Waals surface area contributed by atoms with Crippen LogP contribution in [0.4, 0.5) is 0 Å². The van der Waals surface area contributed by atoms with Crippen molar-refractivity contribution < 1.29 is 19.1 Å². The zero-order valence-electron chi connectivity index (χ0n) is 16.1. The van der Waals surface area contributed by atoms with Crippen molar-refractivity contribution in [1.82, 2.24) is 9.88 Å². The molecule has 3 aromatic rings. The van der Waals surface area contributed by atoms with E-state index < -0.39 is 0 Å². The monoisotopic (exact) mass is 380 g/mol. The highest BCUT2D eigenvalue weighted by Gasteiger charge is 2.12. The molecule has 1 heterocycles. The van der Waals surface area contributed by atoms with E-state index in [-0.39, 0.29) is 24.9 Å². The fourth-order valence-corrected chi connectivity index (χ4v) is 2.94. The maximum absolute atomic E-state index is 12.3. The number of aromatic nitrogens is 1. The Bertz CT molecular complexity index is 950. The largest absolute Gasteiger partial charge is 0.484 e. The molecule has 6 nitrogen and oxygen atoms in total. The van der Waals surface area contributed by atoms with Crippen LogP contribution in [0, 0.1) is 0 Å². The first-order valence-electron chi connectivity index (χ1n) is 9.14. The molecule has 3 rings (SSSR count). The first-order chi connectivity index (χ1) is 13.6. The van der Waals surface area contributed by atoms with Gasteiger partial charge in [0.2, 0.25) is 0 Å². The van der Waals surface area contributed by atoms with E-state index in [2.05, 4.69) is 4.98 Å². The maximum Gasteiger partial charge on any atom is 0.310 e. The molecule has 0 spiro atoms. The molecule has 6 heteroatoms.